The molecule has 2 rings (SSSR count). The van der Waals surface area contributed by atoms with Gasteiger partial charge in [-0.25, -0.2) is 0 Å². The van der Waals surface area contributed by atoms with E-state index < -0.39 is 35.1 Å². The van der Waals surface area contributed by atoms with E-state index in [0.717, 1.165) is 12.1 Å². The average molecular weight is 387 g/mol. The monoisotopic (exact) mass is 386 g/mol. The number of aliphatic carboxylic acids is 1. The number of halogens is 5. The number of benzene rings is 1. The van der Waals surface area contributed by atoms with Crippen LogP contribution in [0.3, 0.4) is 0 Å². The van der Waals surface area contributed by atoms with Crippen molar-refractivity contribution in [3.8, 4) is 11.5 Å². The maximum Gasteiger partial charge on any atom is 0.507 e. The van der Waals surface area contributed by atoms with Gasteiger partial charge in [-0.05, 0) is 38.0 Å². The van der Waals surface area contributed by atoms with Crippen LogP contribution in [-0.2, 0) is 11.2 Å². The lowest BCUT2D eigenvalue weighted by Gasteiger charge is -2.32. The molecular weight excluding hydrogens is 376 g/mol. The van der Waals surface area contributed by atoms with Crippen molar-refractivity contribution in [1.29, 1.82) is 0 Å². The first kappa shape index (κ1) is 16.9. The minimum atomic E-state index is -4.81. The Balaban J connectivity index is 2.42. The van der Waals surface area contributed by atoms with Crippen molar-refractivity contribution < 1.29 is 36.9 Å². The molecule has 0 bridgehead atoms. The average Bonchev–Trinajstić information content (AvgIpc) is 2.32. The predicted molar refractivity (Wildman–Crippen MR) is 70.4 cm³/mol. The summed E-state index contributed by atoms with van der Waals surface area (Å²) in [7, 11) is 0. The van der Waals surface area contributed by atoms with Crippen LogP contribution >= 0.6 is 15.9 Å². The highest BCUT2D eigenvalue weighted by Gasteiger charge is 2.66. The molecule has 1 aromatic carbocycles. The second-order valence-electron chi connectivity index (χ2n) is 5.49. The first-order valence-corrected chi connectivity index (χ1v) is 6.84. The summed E-state index contributed by atoms with van der Waals surface area (Å²) >= 11 is 3.08. The molecule has 0 radical (unpaired) electrons. The maximum atomic E-state index is 13.2. The highest BCUT2D eigenvalue weighted by molar-refractivity contribution is 9.10. The normalized spacial score (nSPS) is 18.9. The van der Waals surface area contributed by atoms with Crippen molar-refractivity contribution in [1.82, 2.24) is 0 Å². The van der Waals surface area contributed by atoms with E-state index in [1.54, 1.807) is 0 Å². The fourth-order valence-electron chi connectivity index (χ4n) is 1.82. The molecular formula is C13H11BrF4O4. The van der Waals surface area contributed by atoms with Crippen LogP contribution in [0.2, 0.25) is 0 Å². The number of rotatable bonds is 3. The van der Waals surface area contributed by atoms with Crippen molar-refractivity contribution in [2.75, 3.05) is 0 Å². The van der Waals surface area contributed by atoms with E-state index in [9.17, 15) is 22.4 Å². The molecule has 0 aliphatic carbocycles. The zero-order chi connectivity index (χ0) is 16.9. The number of carbonyl (C=O) groups is 1. The zero-order valence-electron chi connectivity index (χ0n) is 11.4. The summed E-state index contributed by atoms with van der Waals surface area (Å²) in [6, 6.07) is 2.11. The summed E-state index contributed by atoms with van der Waals surface area (Å²) in [5, 5.41) is 9.09. The van der Waals surface area contributed by atoms with Crippen LogP contribution in [0.5, 0.6) is 11.5 Å². The summed E-state index contributed by atoms with van der Waals surface area (Å²) in [6.45, 7) is 2.89. The molecule has 1 N–H and O–H groups in total. The quantitative estimate of drug-likeness (QED) is 0.795. The molecule has 0 fully saturated rings. The van der Waals surface area contributed by atoms with Crippen molar-refractivity contribution in [2.24, 2.45) is 5.41 Å². The Morgan fingerprint density at radius 1 is 1.18 bits per heavy atom. The maximum absolute atomic E-state index is 13.2. The number of hydrogen-bond donors (Lipinski definition) is 1. The van der Waals surface area contributed by atoms with Gasteiger partial charge in [-0.15, -0.1) is 0 Å². The van der Waals surface area contributed by atoms with Crippen LogP contribution in [0.15, 0.2) is 16.6 Å². The minimum Gasteiger partial charge on any atom is -0.481 e. The fraction of sp³-hybridized carbons (Fsp3) is 0.462. The second-order valence-corrected chi connectivity index (χ2v) is 6.35. The fourth-order valence-corrected chi connectivity index (χ4v) is 2.28. The van der Waals surface area contributed by atoms with E-state index in [2.05, 4.69) is 25.4 Å². The van der Waals surface area contributed by atoms with E-state index in [1.165, 1.54) is 13.8 Å². The summed E-state index contributed by atoms with van der Waals surface area (Å²) in [5.74, 6) is -2.22. The Kier molecular flexibility index (Phi) is 3.83. The van der Waals surface area contributed by atoms with Crippen LogP contribution in [0.25, 0.3) is 0 Å². The standard InChI is InChI=1S/C13H11BrF4O4/c1-11(2,10(19)20)5-6-3-8-9(4-7(6)14)22-13(17,18)12(15,16)21-8/h3-4H,5H2,1-2H3,(H,19,20). The summed E-state index contributed by atoms with van der Waals surface area (Å²) in [4.78, 5) is 11.1. The van der Waals surface area contributed by atoms with Gasteiger partial charge in [-0.3, -0.25) is 4.79 Å². The third kappa shape index (κ3) is 2.86. The Morgan fingerprint density at radius 2 is 1.64 bits per heavy atom. The highest BCUT2D eigenvalue weighted by Crippen LogP contribution is 2.48. The summed E-state index contributed by atoms with van der Waals surface area (Å²) in [5.41, 5.74) is -0.866. The molecule has 1 aromatic rings. The van der Waals surface area contributed by atoms with Gasteiger partial charge in [-0.1, -0.05) is 15.9 Å². The van der Waals surface area contributed by atoms with Gasteiger partial charge in [0.15, 0.2) is 11.5 Å². The SMILES string of the molecule is CC(C)(Cc1cc2c(cc1Br)OC(F)(F)C(F)(F)O2)C(=O)O. The van der Waals surface area contributed by atoms with Gasteiger partial charge in [0.2, 0.25) is 0 Å². The summed E-state index contributed by atoms with van der Waals surface area (Å²) < 4.78 is 60.7. The van der Waals surface area contributed by atoms with Crippen LogP contribution in [0, 0.1) is 5.41 Å². The molecule has 0 saturated heterocycles. The molecule has 0 amide bonds. The first-order chi connectivity index (χ1) is 9.86. The van der Waals surface area contributed by atoms with Crippen molar-refractivity contribution >= 4 is 21.9 Å². The molecule has 1 heterocycles. The molecule has 0 saturated carbocycles. The molecule has 22 heavy (non-hydrogen) atoms. The molecule has 0 spiro atoms. The van der Waals surface area contributed by atoms with Crippen LogP contribution in [0.4, 0.5) is 17.6 Å². The van der Waals surface area contributed by atoms with Crippen LogP contribution in [0.1, 0.15) is 19.4 Å². The van der Waals surface area contributed by atoms with E-state index in [-0.39, 0.29) is 10.9 Å². The van der Waals surface area contributed by atoms with Gasteiger partial charge in [-0.2, -0.15) is 17.6 Å². The van der Waals surface area contributed by atoms with Gasteiger partial charge in [0, 0.05) is 4.47 Å². The molecule has 0 atom stereocenters. The molecule has 4 nitrogen and oxygen atoms in total. The van der Waals surface area contributed by atoms with Gasteiger partial charge in [0.25, 0.3) is 0 Å². The Bertz CT molecular complexity index is 631. The van der Waals surface area contributed by atoms with E-state index >= 15 is 0 Å². The second kappa shape index (κ2) is 5.00. The van der Waals surface area contributed by atoms with Gasteiger partial charge in [0.05, 0.1) is 5.41 Å². The summed E-state index contributed by atoms with van der Waals surface area (Å²) in [6.07, 6.45) is -9.63. The van der Waals surface area contributed by atoms with E-state index in [4.69, 9.17) is 5.11 Å². The largest absolute Gasteiger partial charge is 0.507 e. The number of hydrogen-bond acceptors (Lipinski definition) is 3. The lowest BCUT2D eigenvalue weighted by molar-refractivity contribution is -0.391. The minimum absolute atomic E-state index is 0.0263. The Morgan fingerprint density at radius 3 is 2.09 bits per heavy atom. The molecule has 1 aliphatic heterocycles. The van der Waals surface area contributed by atoms with Crippen LogP contribution < -0.4 is 9.47 Å². The third-order valence-corrected chi connectivity index (χ3v) is 3.88. The van der Waals surface area contributed by atoms with Crippen molar-refractivity contribution in [3.05, 3.63) is 22.2 Å². The van der Waals surface area contributed by atoms with Gasteiger partial charge >= 0.3 is 18.2 Å². The Labute approximate surface area is 131 Å². The number of ether oxygens (including phenoxy) is 2. The van der Waals surface area contributed by atoms with E-state index in [1.807, 2.05) is 0 Å². The topological polar surface area (TPSA) is 55.8 Å². The molecule has 0 aromatic heterocycles. The molecule has 0 unspecified atom stereocenters. The number of carboxylic acid groups (broad SMARTS) is 1. The van der Waals surface area contributed by atoms with E-state index in [0.29, 0.717) is 5.56 Å². The smallest absolute Gasteiger partial charge is 0.481 e. The lowest BCUT2D eigenvalue weighted by Crippen LogP contribution is -2.52. The van der Waals surface area contributed by atoms with Gasteiger partial charge < -0.3 is 14.6 Å². The van der Waals surface area contributed by atoms with Crippen molar-refractivity contribution in [3.63, 3.8) is 0 Å². The molecule has 9 heteroatoms. The molecule has 1 aliphatic rings. The number of carboxylic acids is 1. The third-order valence-electron chi connectivity index (χ3n) is 3.14. The highest BCUT2D eigenvalue weighted by atomic mass is 79.9. The number of alkyl halides is 4. The molecule has 122 valence electrons. The number of fused-ring (bicyclic) bond motifs is 1. The lowest BCUT2D eigenvalue weighted by atomic mass is 9.86. The predicted octanol–water partition coefficient (Wildman–Crippen LogP) is 4.06. The van der Waals surface area contributed by atoms with Gasteiger partial charge in [0.1, 0.15) is 0 Å². The van der Waals surface area contributed by atoms with Crippen molar-refractivity contribution in [2.45, 2.75) is 32.5 Å². The Hall–Kier alpha value is -1.51. The first-order valence-electron chi connectivity index (χ1n) is 6.05. The zero-order valence-corrected chi connectivity index (χ0v) is 13.0. The van der Waals surface area contributed by atoms with Crippen LogP contribution in [-0.4, -0.2) is 23.3 Å².